The fourth-order valence-corrected chi connectivity index (χ4v) is 3.34. The van der Waals surface area contributed by atoms with Gasteiger partial charge in [-0.05, 0) is 24.8 Å². The molecule has 2 heterocycles. The Morgan fingerprint density at radius 2 is 2.17 bits per heavy atom. The number of fused-ring (bicyclic) bond motifs is 1. The number of hydrogen-bond acceptors (Lipinski definition) is 3. The van der Waals surface area contributed by atoms with Gasteiger partial charge in [-0.1, -0.05) is 12.8 Å². The van der Waals surface area contributed by atoms with E-state index in [1.807, 2.05) is 13.3 Å². The van der Waals surface area contributed by atoms with Gasteiger partial charge in [0.2, 0.25) is 0 Å². The highest BCUT2D eigenvalue weighted by atomic mass is 16.5. The van der Waals surface area contributed by atoms with Crippen LogP contribution in [0.5, 0.6) is 0 Å². The lowest BCUT2D eigenvalue weighted by atomic mass is 10.1. The Balaban J connectivity index is 1.70. The molecule has 18 heavy (non-hydrogen) atoms. The van der Waals surface area contributed by atoms with Gasteiger partial charge in [-0.3, -0.25) is 9.58 Å². The molecule has 100 valence electrons. The average Bonchev–Trinajstić information content (AvgIpc) is 2.98. The first-order chi connectivity index (χ1) is 8.85. The predicted octanol–water partition coefficient (Wildman–Crippen LogP) is 1.90. The van der Waals surface area contributed by atoms with Crippen LogP contribution in [0.25, 0.3) is 0 Å². The van der Waals surface area contributed by atoms with E-state index in [2.05, 4.69) is 20.7 Å². The van der Waals surface area contributed by atoms with Crippen molar-refractivity contribution in [1.29, 1.82) is 0 Å². The van der Waals surface area contributed by atoms with Gasteiger partial charge in [0.05, 0.1) is 18.3 Å². The minimum Gasteiger partial charge on any atom is -0.378 e. The molecule has 1 atom stereocenters. The van der Waals surface area contributed by atoms with Crippen molar-refractivity contribution in [2.45, 2.75) is 44.9 Å². The fraction of sp³-hybridized carbons (Fsp3) is 0.786. The van der Waals surface area contributed by atoms with Crippen molar-refractivity contribution >= 4 is 0 Å². The zero-order valence-electron chi connectivity index (χ0n) is 11.2. The van der Waals surface area contributed by atoms with Crippen molar-refractivity contribution < 1.29 is 4.74 Å². The first kappa shape index (κ1) is 12.2. The quantitative estimate of drug-likeness (QED) is 0.819. The summed E-state index contributed by atoms with van der Waals surface area (Å²) >= 11 is 0. The first-order valence-electron chi connectivity index (χ1n) is 7.11. The predicted molar refractivity (Wildman–Crippen MR) is 70.3 cm³/mol. The molecule has 1 aromatic rings. The Hall–Kier alpha value is -0.870. The van der Waals surface area contributed by atoms with Gasteiger partial charge in [0.25, 0.3) is 0 Å². The van der Waals surface area contributed by atoms with E-state index >= 15 is 0 Å². The number of rotatable bonds is 3. The minimum atomic E-state index is 0.271. The summed E-state index contributed by atoms with van der Waals surface area (Å²) in [5.41, 5.74) is 1.33. The smallest absolute Gasteiger partial charge is 0.0893 e. The van der Waals surface area contributed by atoms with Crippen LogP contribution in [0.15, 0.2) is 12.3 Å². The molecule has 0 N–H and O–H groups in total. The normalized spacial score (nSPS) is 26.2. The molecule has 0 radical (unpaired) electrons. The summed E-state index contributed by atoms with van der Waals surface area (Å²) in [4.78, 5) is 2.56. The van der Waals surface area contributed by atoms with Gasteiger partial charge in [0, 0.05) is 32.9 Å². The maximum Gasteiger partial charge on any atom is 0.0893 e. The Morgan fingerprint density at radius 1 is 1.33 bits per heavy atom. The number of aromatic nitrogens is 2. The Morgan fingerprint density at radius 3 is 2.94 bits per heavy atom. The molecule has 0 amide bonds. The number of methoxy groups -OCH3 is 1. The van der Waals surface area contributed by atoms with Crippen molar-refractivity contribution in [3.63, 3.8) is 0 Å². The third kappa shape index (κ3) is 2.59. The summed E-state index contributed by atoms with van der Waals surface area (Å²) in [5, 5.41) is 4.39. The topological polar surface area (TPSA) is 30.3 Å². The number of hydrogen-bond donors (Lipinski definition) is 0. The first-order valence-corrected chi connectivity index (χ1v) is 7.11. The van der Waals surface area contributed by atoms with E-state index in [4.69, 9.17) is 4.74 Å². The second-order valence-corrected chi connectivity index (χ2v) is 5.71. The highest BCUT2D eigenvalue weighted by Gasteiger charge is 2.25. The van der Waals surface area contributed by atoms with E-state index in [0.29, 0.717) is 0 Å². The summed E-state index contributed by atoms with van der Waals surface area (Å²) in [6.07, 6.45) is 7.84. The standard InChI is InChI=1S/C14H23N3O/c1-18-14-10-16(8-12-4-2-3-5-12)9-13-6-7-15-17(13)11-14/h6-7,12,14H,2-5,8-11H2,1H3/t14-/m0/s1. The lowest BCUT2D eigenvalue weighted by Crippen LogP contribution is -2.35. The average molecular weight is 249 g/mol. The second-order valence-electron chi connectivity index (χ2n) is 5.71. The van der Waals surface area contributed by atoms with Crippen molar-refractivity contribution in [3.05, 3.63) is 18.0 Å². The Labute approximate surface area is 109 Å². The zero-order valence-corrected chi connectivity index (χ0v) is 11.2. The summed E-state index contributed by atoms with van der Waals surface area (Å²) < 4.78 is 7.69. The van der Waals surface area contributed by atoms with Crippen LogP contribution in [-0.2, 0) is 17.8 Å². The molecule has 4 nitrogen and oxygen atoms in total. The van der Waals surface area contributed by atoms with Gasteiger partial charge < -0.3 is 4.74 Å². The molecule has 1 fully saturated rings. The molecule has 1 aliphatic carbocycles. The molecular weight excluding hydrogens is 226 g/mol. The lowest BCUT2D eigenvalue weighted by Gasteiger charge is -2.25. The maximum absolute atomic E-state index is 5.59. The minimum absolute atomic E-state index is 0.271. The SMILES string of the molecule is CO[C@H]1CN(CC2CCCC2)Cc2ccnn2C1. The maximum atomic E-state index is 5.59. The molecule has 0 bridgehead atoms. The van der Waals surface area contributed by atoms with Gasteiger partial charge in [0.1, 0.15) is 0 Å². The summed E-state index contributed by atoms with van der Waals surface area (Å²) in [5.74, 6) is 0.900. The van der Waals surface area contributed by atoms with E-state index in [0.717, 1.165) is 25.6 Å². The van der Waals surface area contributed by atoms with Gasteiger partial charge in [0.15, 0.2) is 0 Å². The Kier molecular flexibility index (Phi) is 3.66. The van der Waals surface area contributed by atoms with E-state index in [1.54, 1.807) is 0 Å². The van der Waals surface area contributed by atoms with Crippen LogP contribution in [0.4, 0.5) is 0 Å². The van der Waals surface area contributed by atoms with Crippen LogP contribution in [0.1, 0.15) is 31.4 Å². The van der Waals surface area contributed by atoms with Gasteiger partial charge >= 0.3 is 0 Å². The molecule has 2 aliphatic rings. The molecule has 0 unspecified atom stereocenters. The van der Waals surface area contributed by atoms with E-state index in [9.17, 15) is 0 Å². The van der Waals surface area contributed by atoms with Crippen molar-refractivity contribution in [2.24, 2.45) is 5.92 Å². The third-order valence-corrected chi connectivity index (χ3v) is 4.35. The molecule has 0 saturated heterocycles. The molecule has 3 rings (SSSR count). The molecular formula is C14H23N3O. The van der Waals surface area contributed by atoms with Gasteiger partial charge in [-0.25, -0.2) is 0 Å². The Bertz CT molecular complexity index is 384. The summed E-state index contributed by atoms with van der Waals surface area (Å²) in [6.45, 7) is 4.18. The third-order valence-electron chi connectivity index (χ3n) is 4.35. The molecule has 1 aromatic heterocycles. The van der Waals surface area contributed by atoms with E-state index in [1.165, 1.54) is 37.9 Å². The van der Waals surface area contributed by atoms with Crippen LogP contribution in [0.3, 0.4) is 0 Å². The van der Waals surface area contributed by atoms with Crippen molar-refractivity contribution in [2.75, 3.05) is 20.2 Å². The lowest BCUT2D eigenvalue weighted by molar-refractivity contribution is 0.0525. The molecule has 1 saturated carbocycles. The van der Waals surface area contributed by atoms with E-state index < -0.39 is 0 Å². The summed E-state index contributed by atoms with van der Waals surface area (Å²) in [7, 11) is 1.81. The highest BCUT2D eigenvalue weighted by molar-refractivity contribution is 5.02. The second kappa shape index (κ2) is 5.41. The monoisotopic (exact) mass is 249 g/mol. The van der Waals surface area contributed by atoms with Gasteiger partial charge in [-0.15, -0.1) is 0 Å². The largest absolute Gasteiger partial charge is 0.378 e. The molecule has 0 spiro atoms. The molecule has 1 aliphatic heterocycles. The number of nitrogens with zero attached hydrogens (tertiary/aromatic N) is 3. The van der Waals surface area contributed by atoms with E-state index in [-0.39, 0.29) is 6.10 Å². The van der Waals surface area contributed by atoms with Crippen LogP contribution < -0.4 is 0 Å². The fourth-order valence-electron chi connectivity index (χ4n) is 3.34. The molecule has 0 aromatic carbocycles. The molecule has 4 heteroatoms. The van der Waals surface area contributed by atoms with Crippen molar-refractivity contribution in [3.8, 4) is 0 Å². The van der Waals surface area contributed by atoms with Crippen molar-refractivity contribution in [1.82, 2.24) is 14.7 Å². The van der Waals surface area contributed by atoms with Crippen LogP contribution >= 0.6 is 0 Å². The summed E-state index contributed by atoms with van der Waals surface area (Å²) in [6, 6.07) is 2.14. The number of ether oxygens (including phenoxy) is 1. The highest BCUT2D eigenvalue weighted by Crippen LogP contribution is 2.26. The zero-order chi connectivity index (χ0) is 12.4. The van der Waals surface area contributed by atoms with Crippen LogP contribution in [-0.4, -0.2) is 41.0 Å². The van der Waals surface area contributed by atoms with Crippen LogP contribution in [0.2, 0.25) is 0 Å². The van der Waals surface area contributed by atoms with Gasteiger partial charge in [-0.2, -0.15) is 5.10 Å². The van der Waals surface area contributed by atoms with Crippen LogP contribution in [0, 0.1) is 5.92 Å².